The Morgan fingerprint density at radius 3 is 2.12 bits per heavy atom. The highest BCUT2D eigenvalue weighted by Gasteiger charge is 2.21. The molecule has 1 N–H and O–H groups in total. The van der Waals surface area contributed by atoms with Crippen LogP contribution in [0.15, 0.2) is 0 Å². The van der Waals surface area contributed by atoms with Gasteiger partial charge in [-0.05, 0) is 0 Å². The molecule has 0 bridgehead atoms. The van der Waals surface area contributed by atoms with Crippen molar-refractivity contribution in [3.8, 4) is 0 Å². The van der Waals surface area contributed by atoms with E-state index in [-0.39, 0.29) is 6.79 Å². The van der Waals surface area contributed by atoms with Crippen LogP contribution in [0.4, 0.5) is 0 Å². The Morgan fingerprint density at radius 1 is 1.50 bits per heavy atom. The molecule has 0 radical (unpaired) electrons. The van der Waals surface area contributed by atoms with Crippen LogP contribution in [-0.2, 0) is 9.26 Å². The van der Waals surface area contributed by atoms with Gasteiger partial charge in [0.05, 0.1) is 0 Å². The molecule has 0 aliphatic heterocycles. The minimum absolute atomic E-state index is 0.178. The first-order valence-electron chi connectivity index (χ1n) is 2.26. The molecule has 0 saturated heterocycles. The lowest BCUT2D eigenvalue weighted by Crippen LogP contribution is -1.97. The summed E-state index contributed by atoms with van der Waals surface area (Å²) in [7, 11) is -0.534. The van der Waals surface area contributed by atoms with E-state index in [4.69, 9.17) is 9.42 Å². The average Bonchev–Trinajstić information content (AvgIpc) is 1.59. The normalized spacial score (nSPS) is 12.0. The van der Waals surface area contributed by atoms with E-state index in [1.807, 2.05) is 0 Å². The van der Waals surface area contributed by atoms with Crippen LogP contribution in [0.2, 0.25) is 0 Å². The quantitative estimate of drug-likeness (QED) is 0.462. The number of rotatable bonds is 3. The predicted octanol–water partition coefficient (Wildman–Crippen LogP) is 0.706. The molecule has 0 atom stereocenters. The molecule has 0 aromatic heterocycles. The van der Waals surface area contributed by atoms with Gasteiger partial charge in [0.25, 0.3) is 7.72 Å². The molecule has 0 saturated carbocycles. The molecular weight excluding hydrogens is 127 g/mol. The van der Waals surface area contributed by atoms with Crippen molar-refractivity contribution in [3.05, 3.63) is 0 Å². The second-order valence-corrected chi connectivity index (χ2v) is 4.68. The minimum atomic E-state index is -2.06. The fourth-order valence-corrected chi connectivity index (χ4v) is 0.545. The summed E-state index contributed by atoms with van der Waals surface area (Å²) in [5.74, 6) is 0. The SMILES string of the molecule is COCO[P+](C)(C)O. The van der Waals surface area contributed by atoms with Crippen LogP contribution in [0.3, 0.4) is 0 Å². The van der Waals surface area contributed by atoms with Crippen LogP contribution in [0.5, 0.6) is 0 Å². The summed E-state index contributed by atoms with van der Waals surface area (Å²) in [5, 5.41) is 0. The van der Waals surface area contributed by atoms with E-state index in [9.17, 15) is 0 Å². The molecule has 0 spiro atoms. The Morgan fingerprint density at radius 2 is 2.00 bits per heavy atom. The van der Waals surface area contributed by atoms with Crippen molar-refractivity contribution >= 4 is 7.72 Å². The topological polar surface area (TPSA) is 38.7 Å². The number of ether oxygens (including phenoxy) is 1. The zero-order valence-corrected chi connectivity index (χ0v) is 6.31. The van der Waals surface area contributed by atoms with Gasteiger partial charge in [0.1, 0.15) is 13.3 Å². The lowest BCUT2D eigenvalue weighted by molar-refractivity contribution is 0.0494. The smallest absolute Gasteiger partial charge is 0.269 e. The first-order valence-corrected chi connectivity index (χ1v) is 4.82. The zero-order valence-electron chi connectivity index (χ0n) is 5.42. The molecule has 0 fully saturated rings. The van der Waals surface area contributed by atoms with E-state index in [1.54, 1.807) is 13.3 Å². The van der Waals surface area contributed by atoms with Crippen molar-refractivity contribution < 1.29 is 14.2 Å². The molecule has 0 aromatic carbocycles. The van der Waals surface area contributed by atoms with Crippen LogP contribution < -0.4 is 0 Å². The Labute approximate surface area is 50.1 Å². The van der Waals surface area contributed by atoms with Gasteiger partial charge < -0.3 is 4.74 Å². The van der Waals surface area contributed by atoms with Crippen LogP contribution in [0.25, 0.3) is 0 Å². The minimum Gasteiger partial charge on any atom is -0.354 e. The summed E-state index contributed by atoms with van der Waals surface area (Å²) in [4.78, 5) is 8.96. The Bertz CT molecular complexity index is 58.8. The van der Waals surface area contributed by atoms with E-state index in [0.29, 0.717) is 0 Å². The molecular formula is C4H12O3P+. The summed E-state index contributed by atoms with van der Waals surface area (Å²) >= 11 is 0. The van der Waals surface area contributed by atoms with Gasteiger partial charge in [-0.15, -0.1) is 0 Å². The van der Waals surface area contributed by atoms with Crippen molar-refractivity contribution in [3.63, 3.8) is 0 Å². The predicted molar refractivity (Wildman–Crippen MR) is 33.9 cm³/mol. The summed E-state index contributed by atoms with van der Waals surface area (Å²) in [6, 6.07) is 0. The molecule has 0 aromatic rings. The third-order valence-electron chi connectivity index (χ3n) is 0.486. The van der Waals surface area contributed by atoms with Gasteiger partial charge in [-0.3, -0.25) is 0 Å². The van der Waals surface area contributed by atoms with Crippen LogP contribution in [-0.4, -0.2) is 32.1 Å². The summed E-state index contributed by atoms with van der Waals surface area (Å²) in [6.45, 7) is 3.50. The molecule has 0 unspecified atom stereocenters. The largest absolute Gasteiger partial charge is 0.354 e. The first-order chi connectivity index (χ1) is 3.56. The molecule has 0 rings (SSSR count). The van der Waals surface area contributed by atoms with Crippen molar-refractivity contribution in [2.45, 2.75) is 0 Å². The number of hydrogen-bond donors (Lipinski definition) is 1. The number of methoxy groups -OCH3 is 1. The molecule has 0 heterocycles. The fraction of sp³-hybridized carbons (Fsp3) is 1.00. The average molecular weight is 139 g/mol. The maximum atomic E-state index is 8.96. The highest BCUT2D eigenvalue weighted by atomic mass is 31.2. The van der Waals surface area contributed by atoms with Gasteiger partial charge in [0, 0.05) is 7.11 Å². The van der Waals surface area contributed by atoms with Crippen molar-refractivity contribution in [1.29, 1.82) is 0 Å². The lowest BCUT2D eigenvalue weighted by atomic mass is 11.4. The highest BCUT2D eigenvalue weighted by Crippen LogP contribution is 2.46. The molecule has 3 nitrogen and oxygen atoms in total. The molecule has 0 amide bonds. The van der Waals surface area contributed by atoms with Gasteiger partial charge in [0.15, 0.2) is 6.79 Å². The Hall–Kier alpha value is 0.310. The molecule has 8 heavy (non-hydrogen) atoms. The molecule has 0 aliphatic rings. The summed E-state index contributed by atoms with van der Waals surface area (Å²) < 4.78 is 9.39. The monoisotopic (exact) mass is 139 g/mol. The highest BCUT2D eigenvalue weighted by molar-refractivity contribution is 7.63. The van der Waals surface area contributed by atoms with E-state index in [0.717, 1.165) is 0 Å². The zero-order chi connectivity index (χ0) is 6.62. The maximum absolute atomic E-state index is 8.96. The van der Waals surface area contributed by atoms with E-state index in [2.05, 4.69) is 4.74 Å². The second kappa shape index (κ2) is 3.36. The Kier molecular flexibility index (Phi) is 3.49. The molecule has 0 aliphatic carbocycles. The van der Waals surface area contributed by atoms with Gasteiger partial charge >= 0.3 is 0 Å². The summed E-state index contributed by atoms with van der Waals surface area (Å²) in [5.41, 5.74) is 0. The van der Waals surface area contributed by atoms with Crippen LogP contribution in [0.1, 0.15) is 0 Å². The van der Waals surface area contributed by atoms with Crippen LogP contribution >= 0.6 is 7.72 Å². The first kappa shape index (κ1) is 8.31. The maximum Gasteiger partial charge on any atom is 0.269 e. The van der Waals surface area contributed by atoms with E-state index < -0.39 is 7.72 Å². The van der Waals surface area contributed by atoms with Gasteiger partial charge in [-0.1, -0.05) is 0 Å². The standard InChI is InChI=1S/C4H12O3P/c1-6-4-7-8(2,3)5/h5H,4H2,1-3H3/q+1. The van der Waals surface area contributed by atoms with Crippen LogP contribution in [0, 0.1) is 0 Å². The van der Waals surface area contributed by atoms with Gasteiger partial charge in [-0.2, -0.15) is 4.52 Å². The third-order valence-corrected chi connectivity index (χ3v) is 1.22. The van der Waals surface area contributed by atoms with E-state index in [1.165, 1.54) is 7.11 Å². The molecule has 50 valence electrons. The van der Waals surface area contributed by atoms with Crippen molar-refractivity contribution in [2.24, 2.45) is 0 Å². The van der Waals surface area contributed by atoms with Gasteiger partial charge in [-0.25, -0.2) is 4.89 Å². The molecule has 4 heteroatoms. The second-order valence-electron chi connectivity index (χ2n) is 1.83. The third kappa shape index (κ3) is 6.31. The van der Waals surface area contributed by atoms with Crippen molar-refractivity contribution in [2.75, 3.05) is 27.2 Å². The van der Waals surface area contributed by atoms with E-state index >= 15 is 0 Å². The fourth-order valence-electron chi connectivity index (χ4n) is 0.182. The number of hydrogen-bond acceptors (Lipinski definition) is 3. The Balaban J connectivity index is 3.11. The lowest BCUT2D eigenvalue weighted by Gasteiger charge is -2.05. The summed E-state index contributed by atoms with van der Waals surface area (Å²) in [6.07, 6.45) is 0. The van der Waals surface area contributed by atoms with Gasteiger partial charge in [0.2, 0.25) is 0 Å². The van der Waals surface area contributed by atoms with Crippen molar-refractivity contribution in [1.82, 2.24) is 0 Å².